The number of benzene rings is 2. The zero-order valence-corrected chi connectivity index (χ0v) is 22.0. The van der Waals surface area contributed by atoms with Gasteiger partial charge in [-0.25, -0.2) is 0 Å². The van der Waals surface area contributed by atoms with Crippen molar-refractivity contribution < 1.29 is 23.5 Å². The average molecular weight is 512 g/mol. The smallest absolute Gasteiger partial charge is 0.268 e. The quantitative estimate of drug-likeness (QED) is 0.399. The molecule has 36 heavy (non-hydrogen) atoms. The topological polar surface area (TPSA) is 90.9 Å². The highest BCUT2D eigenvalue weighted by Gasteiger charge is 2.66. The molecule has 5 rings (SSSR count). The lowest BCUT2D eigenvalue weighted by molar-refractivity contribution is -0.145. The van der Waals surface area contributed by atoms with E-state index in [1.165, 1.54) is 0 Å². The van der Waals surface area contributed by atoms with Gasteiger partial charge in [-0.05, 0) is 69.2 Å². The van der Waals surface area contributed by atoms with E-state index in [-0.39, 0.29) is 30.9 Å². The molecule has 7 nitrogen and oxygen atoms in total. The van der Waals surface area contributed by atoms with Crippen LogP contribution < -0.4 is 15.5 Å². The molecule has 192 valence electrons. The summed E-state index contributed by atoms with van der Waals surface area (Å²) in [7, 11) is -3.28. The van der Waals surface area contributed by atoms with E-state index in [9.17, 15) is 14.7 Å². The molecule has 2 aromatic rings. The van der Waals surface area contributed by atoms with Crippen LogP contribution in [0, 0.1) is 5.92 Å². The number of hydrogen-bond acceptors (Lipinski definition) is 5. The van der Waals surface area contributed by atoms with Gasteiger partial charge in [0.25, 0.3) is 5.91 Å². The number of nitrogens with one attached hydrogen (secondary N) is 2. The molecule has 9 heteroatoms. The third kappa shape index (κ3) is 3.98. The Bertz CT molecular complexity index is 1150. The highest BCUT2D eigenvalue weighted by atomic mass is 28.4. The monoisotopic (exact) mass is 511 g/mol. The number of nitrogens with zero attached hydrogens (tertiary/aromatic N) is 1. The number of aliphatic hydroxyl groups is 1. The molecule has 0 aromatic heterocycles. The number of amides is 2. The summed E-state index contributed by atoms with van der Waals surface area (Å²) in [5.74, 6) is -0.830. The van der Waals surface area contributed by atoms with Crippen molar-refractivity contribution in [2.45, 2.75) is 62.6 Å². The molecule has 5 atom stereocenters. The lowest BCUT2D eigenvalue weighted by atomic mass is 9.82. The molecule has 2 fully saturated rings. The summed E-state index contributed by atoms with van der Waals surface area (Å²) in [6.07, 6.45) is 1.41. The van der Waals surface area contributed by atoms with E-state index in [0.29, 0.717) is 22.6 Å². The van der Waals surface area contributed by atoms with Crippen LogP contribution in [-0.2, 0) is 19.9 Å². The molecule has 0 aliphatic carbocycles. The van der Waals surface area contributed by atoms with E-state index in [0.717, 1.165) is 19.4 Å². The number of halogens is 1. The maximum atomic E-state index is 15.7. The number of carbonyl (C=O) groups is 2. The summed E-state index contributed by atoms with van der Waals surface area (Å²) < 4.78 is 22.3. The normalized spacial score (nSPS) is 29.7. The minimum absolute atomic E-state index is 0.112. The Morgan fingerprint density at radius 1 is 1.28 bits per heavy atom. The minimum atomic E-state index is -3.28. The molecule has 2 amide bonds. The molecule has 0 unspecified atom stereocenters. The predicted molar refractivity (Wildman–Crippen MR) is 139 cm³/mol. The van der Waals surface area contributed by atoms with Crippen LogP contribution in [0.25, 0.3) is 0 Å². The fourth-order valence-corrected chi connectivity index (χ4v) is 8.96. The van der Waals surface area contributed by atoms with Crippen molar-refractivity contribution in [3.63, 3.8) is 0 Å². The third-order valence-electron chi connectivity index (χ3n) is 7.94. The minimum Gasteiger partial charge on any atom is -0.396 e. The molecular weight excluding hydrogens is 477 g/mol. The molecule has 3 aliphatic heterocycles. The van der Waals surface area contributed by atoms with Crippen molar-refractivity contribution in [3.05, 3.63) is 54.1 Å². The van der Waals surface area contributed by atoms with E-state index in [4.69, 9.17) is 4.74 Å². The van der Waals surface area contributed by atoms with Crippen molar-refractivity contribution >= 4 is 37.3 Å². The fourth-order valence-electron chi connectivity index (χ4n) is 6.42. The van der Waals surface area contributed by atoms with Crippen LogP contribution in [0.1, 0.15) is 31.7 Å². The largest absolute Gasteiger partial charge is 0.396 e. The Kier molecular flexibility index (Phi) is 6.53. The Balaban J connectivity index is 1.62. The number of hydrogen-bond donors (Lipinski definition) is 3. The van der Waals surface area contributed by atoms with Gasteiger partial charge < -0.3 is 24.6 Å². The second kappa shape index (κ2) is 9.37. The summed E-state index contributed by atoms with van der Waals surface area (Å²) in [6.45, 7) is 5.83. The fraction of sp³-hybridized carbons (Fsp3) is 0.481. The number of anilines is 3. The first kappa shape index (κ1) is 25.1. The van der Waals surface area contributed by atoms with Crippen LogP contribution in [0.2, 0.25) is 18.6 Å². The molecule has 0 bridgehead atoms. The second-order valence-corrected chi connectivity index (χ2v) is 14.4. The number of fused-ring (bicyclic) bond motifs is 2. The SMILES string of the molecule is C[C@@H]1[C@@H]([Si](C)(C)F)[C@H](CCO)O[C@@]12C(=O)N(c1ccccc1)c1ccc(NC(=O)[C@H]3CCCN3)cc12. The van der Waals surface area contributed by atoms with E-state index >= 15 is 4.11 Å². The predicted octanol–water partition coefficient (Wildman–Crippen LogP) is 4.21. The average Bonchev–Trinajstić information content (AvgIpc) is 3.53. The molecule has 2 aromatic carbocycles. The number of para-hydroxylation sites is 1. The number of aliphatic hydroxyl groups excluding tert-OH is 1. The lowest BCUT2D eigenvalue weighted by Gasteiger charge is -2.31. The second-order valence-electron chi connectivity index (χ2n) is 10.6. The summed E-state index contributed by atoms with van der Waals surface area (Å²) in [5, 5.41) is 15.9. The number of ether oxygens (including phenoxy) is 1. The zero-order chi connectivity index (χ0) is 25.7. The molecule has 0 saturated carbocycles. The lowest BCUT2D eigenvalue weighted by Crippen LogP contribution is -2.44. The van der Waals surface area contributed by atoms with E-state index in [1.807, 2.05) is 49.4 Å². The Hall–Kier alpha value is -2.59. The summed E-state index contributed by atoms with van der Waals surface area (Å²) in [4.78, 5) is 28.7. The van der Waals surface area contributed by atoms with E-state index in [1.54, 1.807) is 24.1 Å². The van der Waals surface area contributed by atoms with Crippen LogP contribution in [0.3, 0.4) is 0 Å². The maximum Gasteiger partial charge on any atom is 0.268 e. The van der Waals surface area contributed by atoms with Crippen LogP contribution in [0.5, 0.6) is 0 Å². The number of rotatable bonds is 6. The Labute approximate surface area is 212 Å². The highest BCUT2D eigenvalue weighted by Crippen LogP contribution is 2.61. The van der Waals surface area contributed by atoms with Crippen LogP contribution >= 0.6 is 0 Å². The molecule has 3 aliphatic rings. The van der Waals surface area contributed by atoms with Gasteiger partial charge in [0.2, 0.25) is 14.3 Å². The van der Waals surface area contributed by atoms with Gasteiger partial charge in [0.1, 0.15) is 0 Å². The van der Waals surface area contributed by atoms with Gasteiger partial charge in [-0.2, -0.15) is 0 Å². The van der Waals surface area contributed by atoms with E-state index in [2.05, 4.69) is 10.6 Å². The Morgan fingerprint density at radius 3 is 2.67 bits per heavy atom. The van der Waals surface area contributed by atoms with Crippen LogP contribution in [-0.4, -0.2) is 50.6 Å². The maximum absolute atomic E-state index is 15.7. The van der Waals surface area contributed by atoms with Crippen molar-refractivity contribution in [1.82, 2.24) is 5.32 Å². The first-order chi connectivity index (χ1) is 17.2. The molecule has 0 radical (unpaired) electrons. The molecule has 3 N–H and O–H groups in total. The van der Waals surface area contributed by atoms with Gasteiger partial charge in [-0.15, -0.1) is 0 Å². The standard InChI is InChI=1S/C27H34FN3O4Si/c1-17-24(36(2,3)28)23(13-15-32)35-27(17)20-16-18(30-25(33)21-10-7-14-29-21)11-12-22(20)31(26(27)34)19-8-5-4-6-9-19/h4-6,8-9,11-12,16-17,21,23-24,29,32H,7,10,13-15H2,1-3H3,(H,30,33)/t17-,21-,23+,24-,27+/m1/s1. The van der Waals surface area contributed by atoms with Crippen molar-refractivity contribution in [2.75, 3.05) is 23.4 Å². The summed E-state index contributed by atoms with van der Waals surface area (Å²) >= 11 is 0. The van der Waals surface area contributed by atoms with Gasteiger partial charge in [0, 0.05) is 35.0 Å². The first-order valence-corrected chi connectivity index (χ1v) is 15.7. The highest BCUT2D eigenvalue weighted by molar-refractivity contribution is 6.72. The van der Waals surface area contributed by atoms with Crippen molar-refractivity contribution in [1.29, 1.82) is 0 Å². The molecule has 2 saturated heterocycles. The molecule has 1 spiro atoms. The summed E-state index contributed by atoms with van der Waals surface area (Å²) in [6, 6.07) is 14.5. The van der Waals surface area contributed by atoms with Gasteiger partial charge in [-0.1, -0.05) is 25.1 Å². The molecule has 3 heterocycles. The van der Waals surface area contributed by atoms with Crippen molar-refractivity contribution in [2.24, 2.45) is 5.92 Å². The molecular formula is C27H34FN3O4Si. The van der Waals surface area contributed by atoms with Crippen LogP contribution in [0.4, 0.5) is 21.2 Å². The van der Waals surface area contributed by atoms with Crippen molar-refractivity contribution in [3.8, 4) is 0 Å². The van der Waals surface area contributed by atoms with E-state index < -0.39 is 31.6 Å². The zero-order valence-electron chi connectivity index (χ0n) is 21.0. The summed E-state index contributed by atoms with van der Waals surface area (Å²) in [5.41, 5.74) is 0.685. The van der Waals surface area contributed by atoms with Gasteiger partial charge in [0.15, 0.2) is 5.60 Å². The third-order valence-corrected chi connectivity index (χ3v) is 10.4. The van der Waals surface area contributed by atoms with Gasteiger partial charge in [-0.3, -0.25) is 14.5 Å². The van der Waals surface area contributed by atoms with Gasteiger partial charge in [0.05, 0.1) is 17.8 Å². The van der Waals surface area contributed by atoms with Gasteiger partial charge >= 0.3 is 0 Å². The number of carbonyl (C=O) groups excluding carboxylic acids is 2. The van der Waals surface area contributed by atoms with Crippen LogP contribution in [0.15, 0.2) is 48.5 Å². The Morgan fingerprint density at radius 2 is 2.03 bits per heavy atom. The first-order valence-electron chi connectivity index (χ1n) is 12.7.